The zero-order valence-electron chi connectivity index (χ0n) is 28.5. The number of carbonyl (C=O) groups excluding carboxylic acids is 4. The van der Waals surface area contributed by atoms with E-state index in [0.29, 0.717) is 36.9 Å². The van der Waals surface area contributed by atoms with Crippen LogP contribution in [0.2, 0.25) is 0 Å². The first kappa shape index (κ1) is 37.5. The molecule has 0 saturated heterocycles. The zero-order chi connectivity index (χ0) is 34.2. The van der Waals surface area contributed by atoms with Gasteiger partial charge in [0.2, 0.25) is 5.91 Å². The maximum atomic E-state index is 14.7. The van der Waals surface area contributed by atoms with Crippen LogP contribution in [0.15, 0.2) is 60.8 Å². The van der Waals surface area contributed by atoms with E-state index in [1.54, 1.807) is 11.1 Å². The highest BCUT2D eigenvalue weighted by atomic mass is 16.5. The third-order valence-corrected chi connectivity index (χ3v) is 8.94. The fraction of sp³-hybridized carbons (Fsp3) is 0.526. The number of ether oxygens (including phenoxy) is 1. The number of aromatic nitrogens is 1. The Balaban J connectivity index is 1.99. The van der Waals surface area contributed by atoms with E-state index < -0.39 is 35.1 Å². The Morgan fingerprint density at radius 1 is 0.872 bits per heavy atom. The number of benzene rings is 2. The van der Waals surface area contributed by atoms with Crippen molar-refractivity contribution in [2.45, 2.75) is 115 Å². The van der Waals surface area contributed by atoms with Gasteiger partial charge in [-0.15, -0.1) is 0 Å². The van der Waals surface area contributed by atoms with Gasteiger partial charge < -0.3 is 25.7 Å². The Morgan fingerprint density at radius 3 is 2.19 bits per heavy atom. The summed E-state index contributed by atoms with van der Waals surface area (Å²) >= 11 is 0. The lowest BCUT2D eigenvalue weighted by Gasteiger charge is -2.38. The molecule has 3 aromatic rings. The number of hydrogen-bond acceptors (Lipinski definition) is 6. The third kappa shape index (κ3) is 10.5. The number of carbonyl (C=O) groups is 4. The zero-order valence-corrected chi connectivity index (χ0v) is 28.5. The molecule has 0 saturated carbocycles. The lowest BCUT2D eigenvalue weighted by atomic mass is 9.83. The van der Waals surface area contributed by atoms with Gasteiger partial charge in [0, 0.05) is 54.6 Å². The number of primary amides is 1. The smallest absolute Gasteiger partial charge is 0.305 e. The lowest BCUT2D eigenvalue weighted by molar-refractivity contribution is -0.142. The second-order valence-corrected chi connectivity index (χ2v) is 12.6. The Kier molecular flexibility index (Phi) is 15.1. The predicted octanol–water partition coefficient (Wildman–Crippen LogP) is 6.54. The van der Waals surface area contributed by atoms with Crippen LogP contribution in [0.4, 0.5) is 0 Å². The number of methoxy groups -OCH3 is 1. The van der Waals surface area contributed by atoms with Crippen LogP contribution in [-0.2, 0) is 25.7 Å². The van der Waals surface area contributed by atoms with Gasteiger partial charge in [0.25, 0.3) is 5.91 Å². The summed E-state index contributed by atoms with van der Waals surface area (Å²) in [6.45, 7) is 4.99. The fourth-order valence-electron chi connectivity index (χ4n) is 6.39. The van der Waals surface area contributed by atoms with Crippen LogP contribution in [0.5, 0.6) is 0 Å². The van der Waals surface area contributed by atoms with Crippen molar-refractivity contribution in [3.63, 3.8) is 0 Å². The summed E-state index contributed by atoms with van der Waals surface area (Å²) in [5.74, 6) is -1.99. The molecule has 0 radical (unpaired) electrons. The molecule has 2 amide bonds. The average Bonchev–Trinajstić information content (AvgIpc) is 3.43. The number of nitrogens with two attached hydrogens (primary N) is 2. The highest BCUT2D eigenvalue weighted by Crippen LogP contribution is 2.30. The third-order valence-electron chi connectivity index (χ3n) is 8.94. The van der Waals surface area contributed by atoms with Crippen LogP contribution >= 0.6 is 0 Å². The first-order chi connectivity index (χ1) is 22.7. The van der Waals surface area contributed by atoms with Crippen LogP contribution in [0, 0.1) is 0 Å². The van der Waals surface area contributed by atoms with Crippen molar-refractivity contribution in [3.8, 4) is 0 Å². The molecule has 9 heteroatoms. The molecule has 0 aliphatic carbocycles. The van der Waals surface area contributed by atoms with Crippen LogP contribution in [0.25, 0.3) is 10.9 Å². The monoisotopic (exact) mass is 646 g/mol. The summed E-state index contributed by atoms with van der Waals surface area (Å²) in [6, 6.07) is 17.0. The quantitative estimate of drug-likeness (QED) is 0.0551. The number of esters is 1. The molecule has 9 nitrogen and oxygen atoms in total. The Morgan fingerprint density at radius 2 is 1.53 bits per heavy atom. The highest BCUT2D eigenvalue weighted by Gasteiger charge is 2.46. The normalized spacial score (nSPS) is 13.2. The molecule has 2 aromatic carbocycles. The molecule has 47 heavy (non-hydrogen) atoms. The van der Waals surface area contributed by atoms with E-state index >= 15 is 0 Å². The van der Waals surface area contributed by atoms with E-state index in [2.05, 4.69) is 6.92 Å². The van der Waals surface area contributed by atoms with Gasteiger partial charge in [0.05, 0.1) is 7.11 Å². The number of Topliss-reactive ketones (excluding diaryl/α,β-unsaturated/α-hetero) is 1. The SMILES string of the molecule is CCCCCCCCC[C@@H](CC(N)=O)N(CCC)C(=O)[C@](N)(CCCC(=O)OC)C(=O)c1cn(Cc2ccccc2)c2ccccc12. The maximum absolute atomic E-state index is 14.7. The highest BCUT2D eigenvalue weighted by molar-refractivity contribution is 6.22. The number of fused-ring (bicyclic) bond motifs is 1. The van der Waals surface area contributed by atoms with E-state index in [4.69, 9.17) is 16.2 Å². The van der Waals surface area contributed by atoms with Crippen LogP contribution in [0.3, 0.4) is 0 Å². The van der Waals surface area contributed by atoms with Crippen LogP contribution in [0.1, 0.15) is 113 Å². The van der Waals surface area contributed by atoms with Crippen molar-refractivity contribution >= 4 is 34.5 Å². The summed E-state index contributed by atoms with van der Waals surface area (Å²) in [6.07, 6.45) is 10.8. The molecule has 1 aromatic heterocycles. The molecule has 4 N–H and O–H groups in total. The largest absolute Gasteiger partial charge is 0.469 e. The first-order valence-electron chi connectivity index (χ1n) is 17.3. The minimum atomic E-state index is -1.97. The van der Waals surface area contributed by atoms with Gasteiger partial charge in [-0.2, -0.15) is 0 Å². The van der Waals surface area contributed by atoms with Crippen LogP contribution in [-0.4, -0.2) is 58.3 Å². The predicted molar refractivity (Wildman–Crippen MR) is 187 cm³/mol. The van der Waals surface area contributed by atoms with E-state index in [9.17, 15) is 19.2 Å². The van der Waals surface area contributed by atoms with Crippen molar-refractivity contribution in [2.24, 2.45) is 11.5 Å². The summed E-state index contributed by atoms with van der Waals surface area (Å²) in [7, 11) is 1.30. The Bertz CT molecular complexity index is 1450. The molecule has 0 unspecified atom stereocenters. The molecule has 3 rings (SSSR count). The minimum Gasteiger partial charge on any atom is -0.469 e. The fourth-order valence-corrected chi connectivity index (χ4v) is 6.39. The summed E-state index contributed by atoms with van der Waals surface area (Å²) in [5, 5.41) is 0.697. The van der Waals surface area contributed by atoms with Crippen molar-refractivity contribution in [1.29, 1.82) is 0 Å². The second kappa shape index (κ2) is 19.0. The first-order valence-corrected chi connectivity index (χ1v) is 17.3. The average molecular weight is 647 g/mol. The van der Waals surface area contributed by atoms with E-state index in [1.165, 1.54) is 26.4 Å². The van der Waals surface area contributed by atoms with Gasteiger partial charge in [-0.05, 0) is 37.3 Å². The summed E-state index contributed by atoms with van der Waals surface area (Å²) < 4.78 is 6.82. The topological polar surface area (TPSA) is 138 Å². The van der Waals surface area contributed by atoms with Gasteiger partial charge in [-0.1, -0.05) is 107 Å². The molecule has 256 valence electrons. The van der Waals surface area contributed by atoms with E-state index in [0.717, 1.165) is 36.8 Å². The number of unbranched alkanes of at least 4 members (excludes halogenated alkanes) is 6. The van der Waals surface area contributed by atoms with Crippen molar-refractivity contribution in [3.05, 3.63) is 71.9 Å². The Labute approximate surface area is 280 Å². The van der Waals surface area contributed by atoms with Gasteiger partial charge in [-0.3, -0.25) is 19.2 Å². The second-order valence-electron chi connectivity index (χ2n) is 12.6. The standard InChI is InChI=1S/C38H54N4O5/c1-4-6-7-8-9-10-14-20-30(26-34(39)43)42(25-5-2)37(46)38(40,24-17-23-35(44)47-3)36(45)32-28-41(27-29-18-12-11-13-19-29)33-22-16-15-21-31(32)33/h11-13,15-16,18-19,21-22,28,30H,4-10,14,17,20,23-27,40H2,1-3H3,(H2,39,43)/t30-,38-/m0/s1. The molecule has 0 bridgehead atoms. The number of rotatable bonds is 22. The number of para-hydroxylation sites is 1. The molecular formula is C38H54N4O5. The molecule has 1 heterocycles. The number of ketones is 1. The molecule has 0 fully saturated rings. The number of hydrogen-bond donors (Lipinski definition) is 2. The van der Waals surface area contributed by atoms with Crippen LogP contribution < -0.4 is 11.5 Å². The maximum Gasteiger partial charge on any atom is 0.305 e. The van der Waals surface area contributed by atoms with Gasteiger partial charge in [0.1, 0.15) is 0 Å². The molecule has 2 atom stereocenters. The van der Waals surface area contributed by atoms with Gasteiger partial charge in [-0.25, -0.2) is 0 Å². The minimum absolute atomic E-state index is 0.00953. The van der Waals surface area contributed by atoms with Gasteiger partial charge >= 0.3 is 5.97 Å². The molecule has 0 spiro atoms. The molecule has 0 aliphatic rings. The van der Waals surface area contributed by atoms with E-state index in [-0.39, 0.29) is 25.7 Å². The van der Waals surface area contributed by atoms with Crippen molar-refractivity contribution < 1.29 is 23.9 Å². The lowest BCUT2D eigenvalue weighted by Crippen LogP contribution is -2.62. The van der Waals surface area contributed by atoms with Crippen molar-refractivity contribution in [2.75, 3.05) is 13.7 Å². The summed E-state index contributed by atoms with van der Waals surface area (Å²) in [4.78, 5) is 55.3. The van der Waals surface area contributed by atoms with Crippen molar-refractivity contribution in [1.82, 2.24) is 9.47 Å². The van der Waals surface area contributed by atoms with E-state index in [1.807, 2.05) is 66.1 Å². The number of nitrogens with zero attached hydrogens (tertiary/aromatic N) is 2. The van der Waals surface area contributed by atoms with Gasteiger partial charge in [0.15, 0.2) is 11.3 Å². The molecular weight excluding hydrogens is 592 g/mol. The number of amides is 2. The Hall–Kier alpha value is -3.98. The molecule has 0 aliphatic heterocycles. The summed E-state index contributed by atoms with van der Waals surface area (Å²) in [5.41, 5.74) is 13.0.